The van der Waals surface area contributed by atoms with Crippen molar-refractivity contribution in [1.29, 1.82) is 0 Å². The largest absolute Gasteiger partial charge is 0.353 e. The molecule has 1 aliphatic carbocycles. The molecule has 1 saturated carbocycles. The summed E-state index contributed by atoms with van der Waals surface area (Å²) in [7, 11) is 0. The normalized spacial score (nSPS) is 23.9. The molecule has 1 amide bonds. The topological polar surface area (TPSA) is 55.1 Å². The summed E-state index contributed by atoms with van der Waals surface area (Å²) in [6.45, 7) is 0.768. The Labute approximate surface area is 116 Å². The van der Waals surface area contributed by atoms with Gasteiger partial charge in [0.2, 0.25) is 5.91 Å². The van der Waals surface area contributed by atoms with Crippen LogP contribution in [0.3, 0.4) is 0 Å². The summed E-state index contributed by atoms with van der Waals surface area (Å²) in [5.41, 5.74) is 5.44. The Balaban J connectivity index is 2.08. The van der Waals surface area contributed by atoms with E-state index in [1.54, 1.807) is 0 Å². The van der Waals surface area contributed by atoms with Crippen LogP contribution < -0.4 is 11.1 Å². The number of nitrogens with one attached hydrogen (secondary N) is 1. The highest BCUT2D eigenvalue weighted by Crippen LogP contribution is 2.26. The lowest BCUT2D eigenvalue weighted by atomic mass is 9.95. The van der Waals surface area contributed by atoms with Crippen LogP contribution in [0, 0.1) is 0 Å². The summed E-state index contributed by atoms with van der Waals surface area (Å²) in [6.07, 6.45) is 12.1. The van der Waals surface area contributed by atoms with Crippen LogP contribution in [0.5, 0.6) is 0 Å². The number of thioether (sulfide) groups is 1. The molecule has 0 bridgehead atoms. The van der Waals surface area contributed by atoms with Gasteiger partial charge in [-0.05, 0) is 44.9 Å². The van der Waals surface area contributed by atoms with Gasteiger partial charge in [0.05, 0.1) is 0 Å². The van der Waals surface area contributed by atoms with Crippen LogP contribution in [0.1, 0.15) is 57.8 Å². The molecule has 18 heavy (non-hydrogen) atoms. The zero-order valence-electron chi connectivity index (χ0n) is 11.6. The Morgan fingerprint density at radius 3 is 2.78 bits per heavy atom. The molecule has 3 nitrogen and oxygen atoms in total. The second-order valence-corrected chi connectivity index (χ2v) is 6.38. The molecule has 0 aromatic rings. The van der Waals surface area contributed by atoms with Crippen LogP contribution in [-0.4, -0.2) is 30.0 Å². The smallest absolute Gasteiger partial charge is 0.220 e. The van der Waals surface area contributed by atoms with Crippen LogP contribution in [0.15, 0.2) is 0 Å². The molecule has 0 aromatic heterocycles. The van der Waals surface area contributed by atoms with Crippen LogP contribution in [-0.2, 0) is 4.79 Å². The van der Waals surface area contributed by atoms with Gasteiger partial charge in [0.25, 0.3) is 0 Å². The Morgan fingerprint density at radius 2 is 2.06 bits per heavy atom. The molecule has 2 unspecified atom stereocenters. The van der Waals surface area contributed by atoms with Crippen molar-refractivity contribution in [2.75, 3.05) is 12.8 Å². The van der Waals surface area contributed by atoms with Gasteiger partial charge in [-0.15, -0.1) is 0 Å². The standard InChI is InChI=1S/C14H28N2OS/c1-18-13-8-6-7-12(11-13)16-14(17)9-4-2-3-5-10-15/h12-13H,2-11,15H2,1H3,(H,16,17). The zero-order chi connectivity index (χ0) is 13.2. The predicted octanol–water partition coefficient (Wildman–Crippen LogP) is 2.69. The van der Waals surface area contributed by atoms with Gasteiger partial charge in [0.1, 0.15) is 0 Å². The molecule has 106 valence electrons. The minimum Gasteiger partial charge on any atom is -0.353 e. The highest BCUT2D eigenvalue weighted by Gasteiger charge is 2.22. The number of carbonyl (C=O) groups excluding carboxylic acids is 1. The van der Waals surface area contributed by atoms with Crippen molar-refractivity contribution in [1.82, 2.24) is 5.32 Å². The number of amides is 1. The van der Waals surface area contributed by atoms with E-state index in [2.05, 4.69) is 11.6 Å². The lowest BCUT2D eigenvalue weighted by Gasteiger charge is -2.28. The van der Waals surface area contributed by atoms with Crippen molar-refractivity contribution in [3.8, 4) is 0 Å². The second-order valence-electron chi connectivity index (χ2n) is 5.24. The Hall–Kier alpha value is -0.220. The van der Waals surface area contributed by atoms with Gasteiger partial charge in [0, 0.05) is 17.7 Å². The quantitative estimate of drug-likeness (QED) is 0.668. The number of unbranched alkanes of at least 4 members (excludes halogenated alkanes) is 3. The molecule has 4 heteroatoms. The van der Waals surface area contributed by atoms with Gasteiger partial charge in [-0.2, -0.15) is 11.8 Å². The minimum absolute atomic E-state index is 0.245. The molecular formula is C14H28N2OS. The van der Waals surface area contributed by atoms with Gasteiger partial charge in [-0.1, -0.05) is 19.3 Å². The first-order valence-corrected chi connectivity index (χ1v) is 8.57. The maximum atomic E-state index is 11.8. The molecule has 0 radical (unpaired) electrons. The number of hydrogen-bond donors (Lipinski definition) is 2. The highest BCUT2D eigenvalue weighted by atomic mass is 32.2. The van der Waals surface area contributed by atoms with Gasteiger partial charge >= 0.3 is 0 Å². The monoisotopic (exact) mass is 272 g/mol. The molecule has 0 aromatic carbocycles. The van der Waals surface area contributed by atoms with Crippen molar-refractivity contribution < 1.29 is 4.79 Å². The third kappa shape index (κ3) is 6.64. The molecule has 2 atom stereocenters. The Bertz CT molecular complexity index is 236. The Morgan fingerprint density at radius 1 is 1.28 bits per heavy atom. The summed E-state index contributed by atoms with van der Waals surface area (Å²) >= 11 is 1.94. The van der Waals surface area contributed by atoms with Crippen LogP contribution in [0.4, 0.5) is 0 Å². The first-order chi connectivity index (χ1) is 8.76. The van der Waals surface area contributed by atoms with Crippen molar-refractivity contribution >= 4 is 17.7 Å². The molecule has 0 spiro atoms. The molecule has 1 rings (SSSR count). The van der Waals surface area contributed by atoms with Gasteiger partial charge in [-0.3, -0.25) is 4.79 Å². The highest BCUT2D eigenvalue weighted by molar-refractivity contribution is 7.99. The first kappa shape index (κ1) is 15.8. The third-order valence-electron chi connectivity index (χ3n) is 3.68. The molecule has 0 aliphatic heterocycles. The molecule has 0 heterocycles. The maximum absolute atomic E-state index is 11.8. The zero-order valence-corrected chi connectivity index (χ0v) is 12.4. The molecule has 1 fully saturated rings. The van der Waals surface area contributed by atoms with Gasteiger partial charge in [-0.25, -0.2) is 0 Å². The van der Waals surface area contributed by atoms with E-state index in [9.17, 15) is 4.79 Å². The van der Waals surface area contributed by atoms with Crippen molar-refractivity contribution in [2.45, 2.75) is 69.1 Å². The third-order valence-corrected chi connectivity index (χ3v) is 4.78. The van der Waals surface area contributed by atoms with Crippen LogP contribution in [0.2, 0.25) is 0 Å². The SMILES string of the molecule is CSC1CCCC(NC(=O)CCCCCCN)C1. The number of hydrogen-bond acceptors (Lipinski definition) is 3. The average Bonchev–Trinajstić information content (AvgIpc) is 2.38. The van der Waals surface area contributed by atoms with E-state index in [4.69, 9.17) is 5.73 Å². The average molecular weight is 272 g/mol. The fourth-order valence-corrected chi connectivity index (χ4v) is 3.40. The van der Waals surface area contributed by atoms with E-state index in [1.807, 2.05) is 11.8 Å². The number of carbonyl (C=O) groups is 1. The van der Waals surface area contributed by atoms with E-state index < -0.39 is 0 Å². The Kier molecular flexibility index (Phi) is 8.51. The minimum atomic E-state index is 0.245. The van der Waals surface area contributed by atoms with Crippen LogP contribution >= 0.6 is 11.8 Å². The van der Waals surface area contributed by atoms with Crippen LogP contribution in [0.25, 0.3) is 0 Å². The summed E-state index contributed by atoms with van der Waals surface area (Å²) in [4.78, 5) is 11.8. The summed E-state index contributed by atoms with van der Waals surface area (Å²) in [5, 5.41) is 3.94. The van der Waals surface area contributed by atoms with Gasteiger partial charge in [0.15, 0.2) is 0 Å². The summed E-state index contributed by atoms with van der Waals surface area (Å²) in [5.74, 6) is 0.245. The molecule has 3 N–H and O–H groups in total. The molecule has 1 aliphatic rings. The second kappa shape index (κ2) is 9.68. The predicted molar refractivity (Wildman–Crippen MR) is 79.8 cm³/mol. The lowest BCUT2D eigenvalue weighted by Crippen LogP contribution is -2.38. The van der Waals surface area contributed by atoms with E-state index in [-0.39, 0.29) is 5.91 Å². The molecular weight excluding hydrogens is 244 g/mol. The number of rotatable bonds is 8. The van der Waals surface area contributed by atoms with Crippen molar-refractivity contribution in [3.05, 3.63) is 0 Å². The lowest BCUT2D eigenvalue weighted by molar-refractivity contribution is -0.122. The number of nitrogens with two attached hydrogens (primary N) is 1. The van der Waals surface area contributed by atoms with E-state index in [0.29, 0.717) is 12.5 Å². The first-order valence-electron chi connectivity index (χ1n) is 7.28. The van der Waals surface area contributed by atoms with Crippen molar-refractivity contribution in [2.24, 2.45) is 5.73 Å². The molecule has 0 saturated heterocycles. The van der Waals surface area contributed by atoms with Gasteiger partial charge < -0.3 is 11.1 Å². The fraction of sp³-hybridized carbons (Fsp3) is 0.929. The maximum Gasteiger partial charge on any atom is 0.220 e. The van der Waals surface area contributed by atoms with E-state index >= 15 is 0 Å². The fourth-order valence-electron chi connectivity index (χ4n) is 2.57. The summed E-state index contributed by atoms with van der Waals surface area (Å²) < 4.78 is 0. The van der Waals surface area contributed by atoms with E-state index in [1.165, 1.54) is 12.8 Å². The van der Waals surface area contributed by atoms with Crippen molar-refractivity contribution in [3.63, 3.8) is 0 Å². The summed E-state index contributed by atoms with van der Waals surface area (Å²) in [6, 6.07) is 0.424. The van der Waals surface area contributed by atoms with E-state index in [0.717, 1.165) is 50.3 Å².